The number of nitrogens with one attached hydrogen (secondary N) is 2. The average molecular weight is 338 g/mol. The summed E-state index contributed by atoms with van der Waals surface area (Å²) >= 11 is 3.01. The maximum atomic E-state index is 11.9. The molecule has 0 atom stereocenters. The van der Waals surface area contributed by atoms with Crippen molar-refractivity contribution in [1.29, 1.82) is 0 Å². The Hall–Kier alpha value is -2.15. The van der Waals surface area contributed by atoms with Crippen LogP contribution in [0.5, 0.6) is 0 Å². The van der Waals surface area contributed by atoms with Crippen molar-refractivity contribution in [2.45, 2.75) is 13.5 Å². The van der Waals surface area contributed by atoms with Gasteiger partial charge in [0, 0.05) is 11.9 Å². The number of hydrogen-bond acceptors (Lipinski definition) is 3. The number of hydrogen-bond donors (Lipinski definition) is 2. The van der Waals surface area contributed by atoms with Crippen LogP contribution in [0, 0.1) is 6.92 Å². The zero-order valence-corrected chi connectivity index (χ0v) is 12.2. The number of aryl methyl sites for hydroxylation is 1. The minimum Gasteiger partial charge on any atom is -0.325 e. The van der Waals surface area contributed by atoms with Gasteiger partial charge in [-0.05, 0) is 40.5 Å². The molecule has 0 aliphatic rings. The van der Waals surface area contributed by atoms with Gasteiger partial charge in [-0.1, -0.05) is 12.1 Å². The van der Waals surface area contributed by atoms with Gasteiger partial charge in [0.25, 0.3) is 5.56 Å². The average Bonchev–Trinajstić information content (AvgIpc) is 2.39. The number of benzene rings is 1. The molecule has 0 fully saturated rings. The predicted octanol–water partition coefficient (Wildman–Crippen LogP) is 1.25. The zero-order valence-electron chi connectivity index (χ0n) is 10.6. The number of aromatic amines is 1. The molecule has 2 N–H and O–H groups in total. The van der Waals surface area contributed by atoms with Crippen LogP contribution in [-0.2, 0) is 11.3 Å². The Morgan fingerprint density at radius 1 is 1.40 bits per heavy atom. The van der Waals surface area contributed by atoms with E-state index in [1.54, 1.807) is 12.1 Å². The number of amides is 1. The molecule has 0 aliphatic carbocycles. The number of aromatic nitrogens is 2. The number of carbonyl (C=O) groups excluding carboxylic acids is 1. The second kappa shape index (κ2) is 5.87. The fraction of sp³-hybridized carbons (Fsp3) is 0.154. The lowest BCUT2D eigenvalue weighted by Gasteiger charge is -2.07. The Bertz CT molecular complexity index is 764. The lowest BCUT2D eigenvalue weighted by Crippen LogP contribution is -2.38. The van der Waals surface area contributed by atoms with E-state index in [4.69, 9.17) is 0 Å². The topological polar surface area (TPSA) is 84.0 Å². The lowest BCUT2D eigenvalue weighted by molar-refractivity contribution is -0.116. The number of carbonyl (C=O) groups is 1. The monoisotopic (exact) mass is 337 g/mol. The Morgan fingerprint density at radius 3 is 2.85 bits per heavy atom. The number of anilines is 1. The Kier molecular flexibility index (Phi) is 4.19. The van der Waals surface area contributed by atoms with E-state index in [1.807, 2.05) is 19.1 Å². The summed E-state index contributed by atoms with van der Waals surface area (Å²) in [5.41, 5.74) is 0.445. The molecule has 1 amide bonds. The van der Waals surface area contributed by atoms with E-state index >= 15 is 0 Å². The SMILES string of the molecule is Cc1cccc(NC(=O)Cn2c(=O)[nH]cc(Br)c2=O)c1. The first-order valence-electron chi connectivity index (χ1n) is 5.82. The van der Waals surface area contributed by atoms with Gasteiger partial charge >= 0.3 is 5.69 Å². The van der Waals surface area contributed by atoms with Crippen molar-refractivity contribution in [1.82, 2.24) is 9.55 Å². The van der Waals surface area contributed by atoms with Crippen LogP contribution in [0.25, 0.3) is 0 Å². The summed E-state index contributed by atoms with van der Waals surface area (Å²) in [6.07, 6.45) is 1.25. The van der Waals surface area contributed by atoms with Gasteiger partial charge in [0.1, 0.15) is 6.54 Å². The van der Waals surface area contributed by atoms with Gasteiger partial charge in [-0.2, -0.15) is 0 Å². The Morgan fingerprint density at radius 2 is 2.15 bits per heavy atom. The third-order valence-corrected chi connectivity index (χ3v) is 3.19. The Labute approximate surface area is 122 Å². The molecule has 7 heteroatoms. The van der Waals surface area contributed by atoms with E-state index in [0.29, 0.717) is 5.69 Å². The van der Waals surface area contributed by atoms with Crippen LogP contribution in [0.3, 0.4) is 0 Å². The van der Waals surface area contributed by atoms with Gasteiger partial charge in [0.2, 0.25) is 5.91 Å². The molecule has 2 aromatic rings. The van der Waals surface area contributed by atoms with Crippen LogP contribution in [0.1, 0.15) is 5.56 Å². The third kappa shape index (κ3) is 3.24. The van der Waals surface area contributed by atoms with Crippen molar-refractivity contribution in [2.24, 2.45) is 0 Å². The number of rotatable bonds is 3. The van der Waals surface area contributed by atoms with E-state index in [0.717, 1.165) is 10.1 Å². The maximum absolute atomic E-state index is 11.9. The highest BCUT2D eigenvalue weighted by Crippen LogP contribution is 2.09. The molecule has 1 aromatic heterocycles. The molecule has 0 aliphatic heterocycles. The summed E-state index contributed by atoms with van der Waals surface area (Å²) in [4.78, 5) is 37.5. The van der Waals surface area contributed by atoms with Crippen molar-refractivity contribution in [2.75, 3.05) is 5.32 Å². The first-order chi connectivity index (χ1) is 9.47. The molecule has 1 heterocycles. The summed E-state index contributed by atoms with van der Waals surface area (Å²) in [6.45, 7) is 1.56. The van der Waals surface area contributed by atoms with Gasteiger partial charge in [-0.15, -0.1) is 0 Å². The van der Waals surface area contributed by atoms with E-state index in [2.05, 4.69) is 26.2 Å². The molecule has 0 bridgehead atoms. The summed E-state index contributed by atoms with van der Waals surface area (Å²) in [5.74, 6) is -0.443. The van der Waals surface area contributed by atoms with Crippen LogP contribution >= 0.6 is 15.9 Å². The molecular formula is C13H12BrN3O3. The van der Waals surface area contributed by atoms with E-state index < -0.39 is 17.2 Å². The lowest BCUT2D eigenvalue weighted by atomic mass is 10.2. The first kappa shape index (κ1) is 14.3. The fourth-order valence-electron chi connectivity index (χ4n) is 1.70. The molecule has 0 unspecified atom stereocenters. The minimum atomic E-state index is -0.627. The molecule has 0 radical (unpaired) electrons. The molecular weight excluding hydrogens is 326 g/mol. The highest BCUT2D eigenvalue weighted by atomic mass is 79.9. The van der Waals surface area contributed by atoms with E-state index in [1.165, 1.54) is 6.20 Å². The zero-order chi connectivity index (χ0) is 14.7. The molecule has 0 spiro atoms. The first-order valence-corrected chi connectivity index (χ1v) is 6.61. The van der Waals surface area contributed by atoms with Crippen molar-refractivity contribution in [3.8, 4) is 0 Å². The summed E-state index contributed by atoms with van der Waals surface area (Å²) in [5, 5.41) is 2.64. The van der Waals surface area contributed by atoms with Gasteiger partial charge < -0.3 is 10.3 Å². The Balaban J connectivity index is 2.19. The molecule has 0 saturated heterocycles. The van der Waals surface area contributed by atoms with Gasteiger partial charge in [-0.3, -0.25) is 9.59 Å². The highest BCUT2D eigenvalue weighted by Gasteiger charge is 2.10. The summed E-state index contributed by atoms with van der Waals surface area (Å²) in [7, 11) is 0. The smallest absolute Gasteiger partial charge is 0.325 e. The normalized spacial score (nSPS) is 10.3. The quantitative estimate of drug-likeness (QED) is 0.883. The van der Waals surface area contributed by atoms with Crippen molar-refractivity contribution in [3.63, 3.8) is 0 Å². The summed E-state index contributed by atoms with van der Waals surface area (Å²) < 4.78 is 1.02. The van der Waals surface area contributed by atoms with Gasteiger partial charge in [0.15, 0.2) is 0 Å². The molecule has 1 aromatic carbocycles. The van der Waals surface area contributed by atoms with Crippen LogP contribution in [-0.4, -0.2) is 15.5 Å². The van der Waals surface area contributed by atoms with Crippen LogP contribution in [0.4, 0.5) is 5.69 Å². The number of nitrogens with zero attached hydrogens (tertiary/aromatic N) is 1. The second-order valence-corrected chi connectivity index (χ2v) is 5.11. The van der Waals surface area contributed by atoms with Crippen LogP contribution in [0.2, 0.25) is 0 Å². The largest absolute Gasteiger partial charge is 0.328 e. The van der Waals surface area contributed by atoms with Crippen molar-refractivity contribution >= 4 is 27.5 Å². The standard InChI is InChI=1S/C13H12BrN3O3/c1-8-3-2-4-9(5-8)16-11(18)7-17-12(19)10(14)6-15-13(17)20/h2-6H,7H2,1H3,(H,15,20)(H,16,18). The number of H-pyrrole nitrogens is 1. The van der Waals surface area contributed by atoms with Crippen molar-refractivity contribution in [3.05, 3.63) is 61.3 Å². The van der Waals surface area contributed by atoms with Gasteiger partial charge in [0.05, 0.1) is 4.47 Å². The highest BCUT2D eigenvalue weighted by molar-refractivity contribution is 9.10. The third-order valence-electron chi connectivity index (χ3n) is 2.62. The van der Waals surface area contributed by atoms with Gasteiger partial charge in [-0.25, -0.2) is 9.36 Å². The minimum absolute atomic E-state index is 0.195. The molecule has 20 heavy (non-hydrogen) atoms. The molecule has 6 nitrogen and oxygen atoms in total. The fourth-order valence-corrected chi connectivity index (χ4v) is 2.02. The molecule has 104 valence electrons. The predicted molar refractivity (Wildman–Crippen MR) is 78.8 cm³/mol. The van der Waals surface area contributed by atoms with Crippen molar-refractivity contribution < 1.29 is 4.79 Å². The van der Waals surface area contributed by atoms with E-state index in [-0.39, 0.29) is 11.0 Å². The number of halogens is 1. The van der Waals surface area contributed by atoms with Crippen LogP contribution < -0.4 is 16.6 Å². The molecule has 2 rings (SSSR count). The maximum Gasteiger partial charge on any atom is 0.328 e. The second-order valence-electron chi connectivity index (χ2n) is 4.25. The van der Waals surface area contributed by atoms with Crippen LogP contribution in [0.15, 0.2) is 44.5 Å². The van der Waals surface area contributed by atoms with E-state index in [9.17, 15) is 14.4 Å². The summed E-state index contributed by atoms with van der Waals surface area (Å²) in [6, 6.07) is 7.24. The molecule has 0 saturated carbocycles.